The molecule has 2 aliphatic carbocycles. The maximum Gasteiger partial charge on any atom is 0.305 e. The van der Waals surface area contributed by atoms with Gasteiger partial charge in [-0.15, -0.1) is 0 Å². The summed E-state index contributed by atoms with van der Waals surface area (Å²) in [7, 11) is 1.38. The van der Waals surface area contributed by atoms with Gasteiger partial charge in [0.15, 0.2) is 12.6 Å². The summed E-state index contributed by atoms with van der Waals surface area (Å²) >= 11 is 0. The van der Waals surface area contributed by atoms with Crippen molar-refractivity contribution >= 4 is 17.9 Å². The number of unbranched alkanes of at least 4 members (excludes halogenated alkanes) is 8. The minimum atomic E-state index is -3.12. The smallest absolute Gasteiger partial charge is 0.305 e. The average Bonchev–Trinajstić information content (AvgIpc) is 3.83. The van der Waals surface area contributed by atoms with Crippen LogP contribution in [0.15, 0.2) is 0 Å². The molecule has 0 aromatic heterocycles. The van der Waals surface area contributed by atoms with Gasteiger partial charge in [0.05, 0.1) is 25.4 Å². The van der Waals surface area contributed by atoms with E-state index in [2.05, 4.69) is 4.74 Å². The fourth-order valence-electron chi connectivity index (χ4n) is 11.0. The molecular formula is C56H102F4O14. The van der Waals surface area contributed by atoms with Gasteiger partial charge < -0.3 is 54.0 Å². The molecule has 74 heavy (non-hydrogen) atoms. The minimum absolute atomic E-state index is 0. The number of esters is 2. The van der Waals surface area contributed by atoms with E-state index < -0.39 is 36.1 Å². The molecule has 0 aromatic rings. The van der Waals surface area contributed by atoms with Crippen molar-refractivity contribution < 1.29 is 85.9 Å². The predicted octanol–water partition coefficient (Wildman–Crippen LogP) is 11.9. The van der Waals surface area contributed by atoms with Gasteiger partial charge in [-0.3, -0.25) is 14.4 Å². The first kappa shape index (κ1) is 69.8. The van der Waals surface area contributed by atoms with Gasteiger partial charge >= 0.3 is 17.9 Å². The van der Waals surface area contributed by atoms with Crippen molar-refractivity contribution in [2.75, 3.05) is 26.9 Å². The average molecular weight is 1080 g/mol. The summed E-state index contributed by atoms with van der Waals surface area (Å²) in [6, 6.07) is 0. The molecular weight excluding hydrogens is 973 g/mol. The molecule has 5 N–H and O–H groups in total. The highest BCUT2D eigenvalue weighted by Gasteiger charge is 2.48. The Bertz CT molecular complexity index is 1450. The second-order valence-electron chi connectivity index (χ2n) is 20.9. The number of carboxylic acid groups (broad SMARTS) is 1. The van der Waals surface area contributed by atoms with E-state index in [1.807, 2.05) is 13.8 Å². The van der Waals surface area contributed by atoms with E-state index in [1.165, 1.54) is 14.0 Å². The molecule has 6 unspecified atom stereocenters. The van der Waals surface area contributed by atoms with Gasteiger partial charge in [-0.25, -0.2) is 17.6 Å². The van der Waals surface area contributed by atoms with Crippen LogP contribution < -0.4 is 0 Å². The molecule has 0 spiro atoms. The van der Waals surface area contributed by atoms with Gasteiger partial charge in [0.1, 0.15) is 18.3 Å². The molecule has 14 nitrogen and oxygen atoms in total. The van der Waals surface area contributed by atoms with Crippen LogP contribution in [0, 0.1) is 23.7 Å². The number of halogens is 4. The number of carbonyl (C=O) groups is 3. The lowest BCUT2D eigenvalue weighted by Crippen LogP contribution is -2.36. The molecule has 0 aromatic carbocycles. The molecule has 18 heteroatoms. The third-order valence-corrected chi connectivity index (χ3v) is 15.0. The summed E-state index contributed by atoms with van der Waals surface area (Å²) in [6.07, 6.45) is 11.7. The molecule has 12 atom stereocenters. The molecule has 2 heterocycles. The molecule has 2 aliphatic heterocycles. The maximum atomic E-state index is 14.5. The lowest BCUT2D eigenvalue weighted by atomic mass is 9.84. The zero-order valence-corrected chi connectivity index (χ0v) is 45.2. The van der Waals surface area contributed by atoms with Crippen LogP contribution in [0.3, 0.4) is 0 Å². The van der Waals surface area contributed by atoms with Crippen LogP contribution in [0.4, 0.5) is 17.6 Å². The van der Waals surface area contributed by atoms with Gasteiger partial charge in [-0.1, -0.05) is 72.6 Å². The summed E-state index contributed by atoms with van der Waals surface area (Å²) in [5, 5.41) is 47.7. The molecule has 438 valence electrons. The molecule has 2 saturated heterocycles. The number of aliphatic hydroxyl groups is 4. The summed E-state index contributed by atoms with van der Waals surface area (Å²) in [6.45, 7) is 8.30. The van der Waals surface area contributed by atoms with E-state index in [4.69, 9.17) is 33.9 Å². The van der Waals surface area contributed by atoms with Crippen LogP contribution in [-0.4, -0.2) is 131 Å². The van der Waals surface area contributed by atoms with Crippen LogP contribution in [0.5, 0.6) is 0 Å². The number of hydrogen-bond acceptors (Lipinski definition) is 13. The van der Waals surface area contributed by atoms with E-state index in [0.29, 0.717) is 77.4 Å². The number of aliphatic hydroxyl groups excluding tert-OH is 4. The third-order valence-electron chi connectivity index (χ3n) is 15.0. The Morgan fingerprint density at radius 2 is 1.05 bits per heavy atom. The fraction of sp³-hybridized carbons (Fsp3) is 0.946. The number of hydrogen-bond donors (Lipinski definition) is 5. The Morgan fingerprint density at radius 1 is 0.622 bits per heavy atom. The first-order chi connectivity index (χ1) is 34.8. The van der Waals surface area contributed by atoms with Crippen LogP contribution in [0.2, 0.25) is 0 Å². The first-order valence-electron chi connectivity index (χ1n) is 28.2. The lowest BCUT2D eigenvalue weighted by molar-refractivity contribution is -0.198. The quantitative estimate of drug-likeness (QED) is 0.0235. The second kappa shape index (κ2) is 39.2. The topological polar surface area (TPSA) is 208 Å². The maximum absolute atomic E-state index is 14.5. The van der Waals surface area contributed by atoms with Gasteiger partial charge in [-0.05, 0) is 127 Å². The Labute approximate surface area is 442 Å². The molecule has 4 rings (SSSR count). The Hall–Kier alpha value is -2.19. The highest BCUT2D eigenvalue weighted by Crippen LogP contribution is 2.45. The number of methoxy groups -OCH3 is 1. The number of alkyl halides is 4. The number of ether oxygens (including phenoxy) is 6. The number of carboxylic acids is 1. The Morgan fingerprint density at radius 3 is 1.49 bits per heavy atom. The van der Waals surface area contributed by atoms with Crippen molar-refractivity contribution in [3.05, 3.63) is 0 Å². The van der Waals surface area contributed by atoms with Gasteiger partial charge in [-0.2, -0.15) is 0 Å². The summed E-state index contributed by atoms with van der Waals surface area (Å²) in [5.74, 6) is -7.96. The number of rotatable bonds is 33. The van der Waals surface area contributed by atoms with Crippen molar-refractivity contribution in [3.8, 4) is 0 Å². The minimum Gasteiger partial charge on any atom is -0.481 e. The third kappa shape index (κ3) is 27.4. The SMILES string of the molecule is C.CCCCC(F)(F)C(O)CC[C@@H]1C(CCCCCCC(=O)O)[C@@H](O)C[C@H]1OC1CCCCO1.CCCCC(F)(F)C(O)CC[C@@H]1C(CCCCCCC(=O)OC)[C@@H](OC(C)=O)C[C@H]1OC1CCCCO1.CCO. The Kier molecular flexibility index (Phi) is 37.0. The summed E-state index contributed by atoms with van der Waals surface area (Å²) in [5.41, 5.74) is 0. The standard InChI is InChI=1S/C28H48F2O7.C25H44F2O6.C2H6O.CH4/c1-4-5-17-28(29,30)25(32)16-15-22-21(12-8-6-7-9-13-26(33)34-3)23(36-20(2)31)19-24(22)37-27-14-10-11-18-35-27;1-2-3-15-25(26,27)22(29)14-13-19-18(10-6-4-5-7-11-23(30)31)20(28)17-21(19)33-24-12-8-9-16-32-24;1-2-3;/h21-25,27,32H,4-19H2,1-3H3;18-22,24,28-29H,2-17H2,1H3,(H,30,31);3H,2H2,1H3;1H4/t21?,22-,23+,24-,25?,27?;18?,19-,20+,21-,22?,24?;;/m11../s1. The van der Waals surface area contributed by atoms with Gasteiger partial charge in [0.25, 0.3) is 11.8 Å². The van der Waals surface area contributed by atoms with Crippen molar-refractivity contribution in [1.29, 1.82) is 0 Å². The van der Waals surface area contributed by atoms with E-state index in [9.17, 15) is 47.3 Å². The van der Waals surface area contributed by atoms with Crippen molar-refractivity contribution in [3.63, 3.8) is 0 Å². The van der Waals surface area contributed by atoms with E-state index in [-0.39, 0.29) is 113 Å². The zero-order valence-electron chi connectivity index (χ0n) is 45.2. The fourth-order valence-corrected chi connectivity index (χ4v) is 11.0. The van der Waals surface area contributed by atoms with Crippen molar-refractivity contribution in [2.24, 2.45) is 23.7 Å². The van der Waals surface area contributed by atoms with Crippen LogP contribution in [0.1, 0.15) is 228 Å². The summed E-state index contributed by atoms with van der Waals surface area (Å²) < 4.78 is 92.0. The lowest BCUT2D eigenvalue weighted by Gasteiger charge is -2.32. The van der Waals surface area contributed by atoms with E-state index >= 15 is 0 Å². The molecule has 2 saturated carbocycles. The highest BCUT2D eigenvalue weighted by atomic mass is 19.3. The zero-order chi connectivity index (χ0) is 54.2. The Balaban J connectivity index is 0.000000697. The molecule has 0 radical (unpaired) electrons. The largest absolute Gasteiger partial charge is 0.481 e. The summed E-state index contributed by atoms with van der Waals surface area (Å²) in [4.78, 5) is 33.9. The predicted molar refractivity (Wildman–Crippen MR) is 276 cm³/mol. The normalized spacial score (nSPS) is 26.9. The number of aliphatic carboxylic acids is 1. The highest BCUT2D eigenvalue weighted by molar-refractivity contribution is 5.69. The van der Waals surface area contributed by atoms with Crippen LogP contribution in [-0.2, 0) is 42.8 Å². The van der Waals surface area contributed by atoms with E-state index in [1.54, 1.807) is 6.92 Å². The second-order valence-corrected chi connectivity index (χ2v) is 20.9. The molecule has 4 aliphatic rings. The number of carbonyl (C=O) groups excluding carboxylic acids is 2. The molecule has 4 fully saturated rings. The monoisotopic (exact) mass is 1070 g/mol. The van der Waals surface area contributed by atoms with Crippen molar-refractivity contribution in [2.45, 2.75) is 289 Å². The van der Waals surface area contributed by atoms with Crippen LogP contribution in [0.25, 0.3) is 0 Å². The van der Waals surface area contributed by atoms with Crippen LogP contribution >= 0.6 is 0 Å². The first-order valence-corrected chi connectivity index (χ1v) is 28.2. The molecule has 0 amide bonds. The van der Waals surface area contributed by atoms with Gasteiger partial charge in [0.2, 0.25) is 0 Å². The molecule has 0 bridgehead atoms. The van der Waals surface area contributed by atoms with Crippen molar-refractivity contribution in [1.82, 2.24) is 0 Å². The van der Waals surface area contributed by atoms with Gasteiger partial charge in [0, 0.05) is 71.2 Å². The van der Waals surface area contributed by atoms with E-state index in [0.717, 1.165) is 96.3 Å².